The number of rotatable bonds is 4. The van der Waals surface area contributed by atoms with Gasteiger partial charge in [0, 0.05) is 12.0 Å². The quantitative estimate of drug-likeness (QED) is 0.841. The minimum absolute atomic E-state index is 0.244. The number of carbonyl (C=O) groups excluding carboxylic acids is 1. The number of hydrogen-bond donors (Lipinski definition) is 2. The average Bonchev–Trinajstić information content (AvgIpc) is 3.17. The Morgan fingerprint density at radius 1 is 1.50 bits per heavy atom. The van der Waals surface area contributed by atoms with Crippen LogP contribution in [0.1, 0.15) is 37.4 Å². The van der Waals surface area contributed by atoms with Crippen LogP contribution in [-0.4, -0.2) is 30.9 Å². The zero-order chi connectivity index (χ0) is 14.1. The highest BCUT2D eigenvalue weighted by molar-refractivity contribution is 5.91. The summed E-state index contributed by atoms with van der Waals surface area (Å²) < 4.78 is 1.21. The van der Waals surface area contributed by atoms with E-state index >= 15 is 0 Å². The third-order valence-corrected chi connectivity index (χ3v) is 3.24. The summed E-state index contributed by atoms with van der Waals surface area (Å²) in [6.07, 6.45) is 3.46. The summed E-state index contributed by atoms with van der Waals surface area (Å²) in [5.74, 6) is 0.295. The SMILES string of the molecule is CC(C(=O)Nc1ncn[nH]1)n1nc(C2CC2)ccc1=O. The Morgan fingerprint density at radius 3 is 2.95 bits per heavy atom. The lowest BCUT2D eigenvalue weighted by Crippen LogP contribution is -2.33. The van der Waals surface area contributed by atoms with E-state index < -0.39 is 6.04 Å². The van der Waals surface area contributed by atoms with E-state index in [-0.39, 0.29) is 17.4 Å². The lowest BCUT2D eigenvalue weighted by atomic mass is 10.2. The van der Waals surface area contributed by atoms with Crippen LogP contribution < -0.4 is 10.9 Å². The maximum absolute atomic E-state index is 12.1. The Morgan fingerprint density at radius 2 is 2.30 bits per heavy atom. The van der Waals surface area contributed by atoms with Gasteiger partial charge in [-0.1, -0.05) is 0 Å². The van der Waals surface area contributed by atoms with Crippen molar-refractivity contribution in [3.8, 4) is 0 Å². The summed E-state index contributed by atoms with van der Waals surface area (Å²) in [5.41, 5.74) is 0.568. The molecule has 2 N–H and O–H groups in total. The molecule has 0 aromatic carbocycles. The number of aromatic nitrogens is 5. The van der Waals surface area contributed by atoms with Crippen molar-refractivity contribution in [1.82, 2.24) is 25.0 Å². The number of nitrogens with one attached hydrogen (secondary N) is 2. The van der Waals surface area contributed by atoms with Crippen molar-refractivity contribution in [3.63, 3.8) is 0 Å². The first-order valence-electron chi connectivity index (χ1n) is 6.41. The highest BCUT2D eigenvalue weighted by Gasteiger charge is 2.27. The zero-order valence-electron chi connectivity index (χ0n) is 10.9. The van der Waals surface area contributed by atoms with Gasteiger partial charge in [0.15, 0.2) is 0 Å². The number of H-pyrrole nitrogens is 1. The molecule has 1 fully saturated rings. The zero-order valence-corrected chi connectivity index (χ0v) is 10.9. The molecule has 2 heterocycles. The molecule has 2 aromatic rings. The predicted octanol–water partition coefficient (Wildman–Crippen LogP) is 0.438. The van der Waals surface area contributed by atoms with E-state index in [0.29, 0.717) is 5.92 Å². The molecular weight excluding hydrogens is 260 g/mol. The highest BCUT2D eigenvalue weighted by Crippen LogP contribution is 2.38. The van der Waals surface area contributed by atoms with Crippen LogP contribution in [-0.2, 0) is 4.79 Å². The first kappa shape index (κ1) is 12.5. The molecule has 1 amide bonds. The fraction of sp³-hybridized carbons (Fsp3) is 0.417. The molecular formula is C12H14N6O2. The third kappa shape index (κ3) is 2.44. The summed E-state index contributed by atoms with van der Waals surface area (Å²) in [6, 6.07) is 2.47. The van der Waals surface area contributed by atoms with E-state index in [4.69, 9.17) is 0 Å². The number of nitrogens with zero attached hydrogens (tertiary/aromatic N) is 4. The largest absolute Gasteiger partial charge is 0.293 e. The van der Waals surface area contributed by atoms with Crippen LogP contribution in [0.15, 0.2) is 23.3 Å². The maximum Gasteiger partial charge on any atom is 0.267 e. The standard InChI is InChI=1S/C12H14N6O2/c1-7(11(20)15-12-13-6-14-16-12)18-10(19)5-4-9(17-18)8-2-3-8/h4-8H,2-3H2,1H3,(H2,13,14,15,16,20). The minimum atomic E-state index is -0.716. The maximum atomic E-state index is 12.1. The lowest BCUT2D eigenvalue weighted by Gasteiger charge is -2.13. The van der Waals surface area contributed by atoms with Gasteiger partial charge in [-0.3, -0.25) is 14.9 Å². The van der Waals surface area contributed by atoms with E-state index in [2.05, 4.69) is 25.6 Å². The van der Waals surface area contributed by atoms with Crippen molar-refractivity contribution < 1.29 is 4.79 Å². The van der Waals surface area contributed by atoms with Gasteiger partial charge < -0.3 is 0 Å². The number of aromatic amines is 1. The molecule has 8 heteroatoms. The number of hydrogen-bond acceptors (Lipinski definition) is 5. The normalized spacial score (nSPS) is 15.8. The molecule has 1 unspecified atom stereocenters. The van der Waals surface area contributed by atoms with E-state index in [0.717, 1.165) is 18.5 Å². The molecule has 1 aliphatic carbocycles. The Hall–Kier alpha value is -2.51. The van der Waals surface area contributed by atoms with Crippen LogP contribution in [0.25, 0.3) is 0 Å². The van der Waals surface area contributed by atoms with Gasteiger partial charge in [-0.05, 0) is 25.8 Å². The number of amides is 1. The Labute approximate surface area is 114 Å². The summed E-state index contributed by atoms with van der Waals surface area (Å²) in [7, 11) is 0. The smallest absolute Gasteiger partial charge is 0.267 e. The van der Waals surface area contributed by atoms with Crippen molar-refractivity contribution in [2.24, 2.45) is 0 Å². The lowest BCUT2D eigenvalue weighted by molar-refractivity contribution is -0.119. The van der Waals surface area contributed by atoms with Gasteiger partial charge in [0.25, 0.3) is 11.5 Å². The number of carbonyl (C=O) groups is 1. The fourth-order valence-electron chi connectivity index (χ4n) is 1.91. The van der Waals surface area contributed by atoms with E-state index in [1.54, 1.807) is 13.0 Å². The van der Waals surface area contributed by atoms with Crippen molar-refractivity contribution in [2.75, 3.05) is 5.32 Å². The van der Waals surface area contributed by atoms with Crippen LogP contribution in [0.2, 0.25) is 0 Å². The third-order valence-electron chi connectivity index (χ3n) is 3.24. The molecule has 8 nitrogen and oxygen atoms in total. The molecule has 0 spiro atoms. The molecule has 1 aliphatic rings. The van der Waals surface area contributed by atoms with Gasteiger partial charge in [0.05, 0.1) is 5.69 Å². The molecule has 1 saturated carbocycles. The average molecular weight is 274 g/mol. The van der Waals surface area contributed by atoms with Crippen LogP contribution >= 0.6 is 0 Å². The monoisotopic (exact) mass is 274 g/mol. The summed E-state index contributed by atoms with van der Waals surface area (Å²) in [5, 5.41) is 13.0. The van der Waals surface area contributed by atoms with E-state index in [1.807, 2.05) is 0 Å². The molecule has 0 radical (unpaired) electrons. The molecule has 3 rings (SSSR count). The van der Waals surface area contributed by atoms with Crippen molar-refractivity contribution in [2.45, 2.75) is 31.7 Å². The topological polar surface area (TPSA) is 106 Å². The predicted molar refractivity (Wildman–Crippen MR) is 70.2 cm³/mol. The second-order valence-corrected chi connectivity index (χ2v) is 4.81. The van der Waals surface area contributed by atoms with Gasteiger partial charge in [0.1, 0.15) is 12.4 Å². The first-order chi connectivity index (χ1) is 9.65. The fourth-order valence-corrected chi connectivity index (χ4v) is 1.91. The van der Waals surface area contributed by atoms with Gasteiger partial charge in [-0.2, -0.15) is 15.2 Å². The molecule has 0 aliphatic heterocycles. The molecule has 2 aromatic heterocycles. The Balaban J connectivity index is 1.82. The Kier molecular flexibility index (Phi) is 3.05. The summed E-state index contributed by atoms with van der Waals surface area (Å²) in [4.78, 5) is 27.7. The molecule has 20 heavy (non-hydrogen) atoms. The van der Waals surface area contributed by atoms with Crippen LogP contribution in [0.4, 0.5) is 5.95 Å². The molecule has 0 saturated heterocycles. The van der Waals surface area contributed by atoms with Crippen molar-refractivity contribution in [1.29, 1.82) is 0 Å². The van der Waals surface area contributed by atoms with E-state index in [9.17, 15) is 9.59 Å². The Bertz CT molecular complexity index is 674. The first-order valence-corrected chi connectivity index (χ1v) is 6.41. The van der Waals surface area contributed by atoms with Gasteiger partial charge >= 0.3 is 0 Å². The van der Waals surface area contributed by atoms with Crippen LogP contribution in [0, 0.1) is 0 Å². The van der Waals surface area contributed by atoms with Crippen molar-refractivity contribution >= 4 is 11.9 Å². The second kappa shape index (κ2) is 4.87. The van der Waals surface area contributed by atoms with E-state index in [1.165, 1.54) is 17.1 Å². The summed E-state index contributed by atoms with van der Waals surface area (Å²) >= 11 is 0. The molecule has 1 atom stereocenters. The molecule has 0 bridgehead atoms. The second-order valence-electron chi connectivity index (χ2n) is 4.81. The minimum Gasteiger partial charge on any atom is -0.293 e. The van der Waals surface area contributed by atoms with Crippen molar-refractivity contribution in [3.05, 3.63) is 34.5 Å². The van der Waals surface area contributed by atoms with Gasteiger partial charge in [-0.15, -0.1) is 0 Å². The molecule has 104 valence electrons. The van der Waals surface area contributed by atoms with Crippen LogP contribution in [0.3, 0.4) is 0 Å². The van der Waals surface area contributed by atoms with Gasteiger partial charge in [-0.25, -0.2) is 9.78 Å². The van der Waals surface area contributed by atoms with Crippen LogP contribution in [0.5, 0.6) is 0 Å². The number of anilines is 1. The summed E-state index contributed by atoms with van der Waals surface area (Å²) in [6.45, 7) is 1.62. The highest BCUT2D eigenvalue weighted by atomic mass is 16.2. The van der Waals surface area contributed by atoms with Gasteiger partial charge in [0.2, 0.25) is 5.95 Å².